The molecule has 0 amide bonds. The number of allylic oxidation sites excluding steroid dienone is 1. The number of nitrogens with two attached hydrogens (primary N) is 1. The first-order chi connectivity index (χ1) is 7.20. The van der Waals surface area contributed by atoms with Crippen LogP contribution in [0.25, 0.3) is 0 Å². The second-order valence-corrected chi connectivity index (χ2v) is 3.37. The number of phenols is 1. The van der Waals surface area contributed by atoms with Crippen LogP contribution in [0.5, 0.6) is 11.5 Å². The Morgan fingerprint density at radius 1 is 1.60 bits per heavy atom. The van der Waals surface area contributed by atoms with Crippen LogP contribution in [0.2, 0.25) is 0 Å². The van der Waals surface area contributed by atoms with Crippen LogP contribution in [-0.2, 0) is 0 Å². The highest BCUT2D eigenvalue weighted by Gasteiger charge is 2.15. The number of rotatable bonds is 5. The number of hydrogen-bond acceptors (Lipinski definition) is 3. The van der Waals surface area contributed by atoms with E-state index in [0.717, 1.165) is 12.8 Å². The van der Waals surface area contributed by atoms with Gasteiger partial charge in [0.15, 0.2) is 0 Å². The third-order valence-electron chi connectivity index (χ3n) is 2.32. The topological polar surface area (TPSA) is 55.5 Å². The van der Waals surface area contributed by atoms with Crippen LogP contribution < -0.4 is 10.5 Å². The van der Waals surface area contributed by atoms with Crippen molar-refractivity contribution >= 4 is 0 Å². The van der Waals surface area contributed by atoms with Crippen molar-refractivity contribution in [2.45, 2.75) is 18.9 Å². The van der Waals surface area contributed by atoms with Crippen LogP contribution in [-0.4, -0.2) is 12.2 Å². The van der Waals surface area contributed by atoms with Crippen LogP contribution in [0.3, 0.4) is 0 Å². The van der Waals surface area contributed by atoms with Gasteiger partial charge in [-0.1, -0.05) is 12.1 Å². The molecule has 0 bridgehead atoms. The number of aromatic hydroxyl groups is 1. The van der Waals surface area contributed by atoms with E-state index < -0.39 is 0 Å². The fourth-order valence-electron chi connectivity index (χ4n) is 1.52. The Labute approximate surface area is 90.2 Å². The first-order valence-electron chi connectivity index (χ1n) is 4.93. The fourth-order valence-corrected chi connectivity index (χ4v) is 1.52. The summed E-state index contributed by atoms with van der Waals surface area (Å²) in [6, 6.07) is 4.92. The molecule has 82 valence electrons. The molecule has 15 heavy (non-hydrogen) atoms. The molecule has 1 rings (SSSR count). The molecule has 0 aliphatic carbocycles. The lowest BCUT2D eigenvalue weighted by molar-refractivity contribution is 0.391. The summed E-state index contributed by atoms with van der Waals surface area (Å²) in [6.45, 7) is 3.64. The van der Waals surface area contributed by atoms with Crippen molar-refractivity contribution in [2.75, 3.05) is 7.11 Å². The van der Waals surface area contributed by atoms with Crippen LogP contribution in [0.4, 0.5) is 0 Å². The molecular weight excluding hydrogens is 190 g/mol. The van der Waals surface area contributed by atoms with Gasteiger partial charge in [-0.15, -0.1) is 6.58 Å². The summed E-state index contributed by atoms with van der Waals surface area (Å²) in [5.74, 6) is 0.817. The largest absolute Gasteiger partial charge is 0.507 e. The zero-order valence-electron chi connectivity index (χ0n) is 8.94. The minimum atomic E-state index is -0.223. The van der Waals surface area contributed by atoms with E-state index in [2.05, 4.69) is 6.58 Å². The van der Waals surface area contributed by atoms with Crippen molar-refractivity contribution in [3.8, 4) is 11.5 Å². The van der Waals surface area contributed by atoms with E-state index in [1.807, 2.05) is 6.08 Å². The Morgan fingerprint density at radius 2 is 2.33 bits per heavy atom. The minimum absolute atomic E-state index is 0.186. The summed E-state index contributed by atoms with van der Waals surface area (Å²) < 4.78 is 5.16. The molecule has 0 radical (unpaired) electrons. The van der Waals surface area contributed by atoms with Crippen molar-refractivity contribution in [3.05, 3.63) is 36.4 Å². The Balaban J connectivity index is 2.94. The van der Waals surface area contributed by atoms with Gasteiger partial charge in [0.25, 0.3) is 0 Å². The van der Waals surface area contributed by atoms with Crippen LogP contribution in [0.15, 0.2) is 30.9 Å². The zero-order valence-corrected chi connectivity index (χ0v) is 8.94. The van der Waals surface area contributed by atoms with Crippen molar-refractivity contribution in [1.82, 2.24) is 0 Å². The minimum Gasteiger partial charge on any atom is -0.507 e. The standard InChI is InChI=1S/C12H17NO2/c1-3-4-6-9(13)12-10(14)7-5-8-11(12)15-2/h3,5,7-9,14H,1,4,6,13H2,2H3/t9-/m0/s1. The van der Waals surface area contributed by atoms with Crippen LogP contribution in [0, 0.1) is 0 Å². The maximum absolute atomic E-state index is 9.71. The van der Waals surface area contributed by atoms with Gasteiger partial charge in [0.2, 0.25) is 0 Å². The number of methoxy groups -OCH3 is 1. The van der Waals surface area contributed by atoms with Gasteiger partial charge in [0.05, 0.1) is 12.7 Å². The molecule has 3 N–H and O–H groups in total. The first-order valence-corrected chi connectivity index (χ1v) is 4.93. The van der Waals surface area contributed by atoms with Crippen molar-refractivity contribution in [3.63, 3.8) is 0 Å². The number of benzene rings is 1. The monoisotopic (exact) mass is 207 g/mol. The Morgan fingerprint density at radius 3 is 2.93 bits per heavy atom. The lowest BCUT2D eigenvalue weighted by atomic mass is 10.0. The molecule has 3 heteroatoms. The van der Waals surface area contributed by atoms with Gasteiger partial charge in [0.1, 0.15) is 11.5 Å². The third kappa shape index (κ3) is 2.73. The number of ether oxygens (including phenoxy) is 1. The van der Waals surface area contributed by atoms with E-state index >= 15 is 0 Å². The molecule has 0 aliphatic heterocycles. The van der Waals surface area contributed by atoms with Crippen LogP contribution >= 0.6 is 0 Å². The highest BCUT2D eigenvalue weighted by atomic mass is 16.5. The summed E-state index contributed by atoms with van der Waals surface area (Å²) in [5, 5.41) is 9.71. The Bertz CT molecular complexity index is 336. The molecule has 0 saturated carbocycles. The van der Waals surface area contributed by atoms with Crippen molar-refractivity contribution in [1.29, 1.82) is 0 Å². The third-order valence-corrected chi connectivity index (χ3v) is 2.32. The average Bonchev–Trinajstić information content (AvgIpc) is 2.25. The van der Waals surface area contributed by atoms with Gasteiger partial charge in [-0.25, -0.2) is 0 Å². The average molecular weight is 207 g/mol. The van der Waals surface area contributed by atoms with Gasteiger partial charge >= 0.3 is 0 Å². The van der Waals surface area contributed by atoms with Crippen molar-refractivity contribution in [2.24, 2.45) is 5.73 Å². The molecule has 0 saturated heterocycles. The normalized spacial score (nSPS) is 12.1. The number of phenolic OH excluding ortho intramolecular Hbond substituents is 1. The maximum Gasteiger partial charge on any atom is 0.127 e. The molecule has 0 spiro atoms. The van der Waals surface area contributed by atoms with Gasteiger partial charge in [-0.3, -0.25) is 0 Å². The zero-order chi connectivity index (χ0) is 11.3. The molecule has 0 fully saturated rings. The van der Waals surface area contributed by atoms with Gasteiger partial charge in [-0.2, -0.15) is 0 Å². The molecule has 3 nitrogen and oxygen atoms in total. The predicted molar refractivity (Wildman–Crippen MR) is 61.0 cm³/mol. The lowest BCUT2D eigenvalue weighted by Crippen LogP contribution is -2.11. The molecule has 1 atom stereocenters. The van der Waals surface area contributed by atoms with Crippen molar-refractivity contribution < 1.29 is 9.84 Å². The number of hydrogen-bond donors (Lipinski definition) is 2. The van der Waals surface area contributed by atoms with E-state index in [0.29, 0.717) is 11.3 Å². The summed E-state index contributed by atoms with van der Waals surface area (Å²) in [7, 11) is 1.57. The smallest absolute Gasteiger partial charge is 0.127 e. The van der Waals surface area contributed by atoms with Gasteiger partial charge in [-0.05, 0) is 25.0 Å². The molecule has 0 unspecified atom stereocenters. The lowest BCUT2D eigenvalue weighted by Gasteiger charge is -2.16. The summed E-state index contributed by atoms with van der Waals surface area (Å²) in [4.78, 5) is 0. The van der Waals surface area contributed by atoms with E-state index in [-0.39, 0.29) is 11.8 Å². The van der Waals surface area contributed by atoms with E-state index in [4.69, 9.17) is 10.5 Å². The Hall–Kier alpha value is -1.48. The summed E-state index contributed by atoms with van der Waals surface area (Å²) in [6.07, 6.45) is 3.38. The fraction of sp³-hybridized carbons (Fsp3) is 0.333. The van der Waals surface area contributed by atoms with E-state index in [1.54, 1.807) is 25.3 Å². The van der Waals surface area contributed by atoms with Gasteiger partial charge < -0.3 is 15.6 Å². The maximum atomic E-state index is 9.71. The summed E-state index contributed by atoms with van der Waals surface area (Å²) in [5.41, 5.74) is 6.64. The second kappa shape index (κ2) is 5.41. The molecular formula is C12H17NO2. The van der Waals surface area contributed by atoms with E-state index in [9.17, 15) is 5.11 Å². The SMILES string of the molecule is C=CCC[C@H](N)c1c(O)cccc1OC. The highest BCUT2D eigenvalue weighted by molar-refractivity contribution is 5.45. The Kier molecular flexibility index (Phi) is 4.18. The highest BCUT2D eigenvalue weighted by Crippen LogP contribution is 2.33. The molecule has 0 heterocycles. The van der Waals surface area contributed by atoms with Crippen LogP contribution in [0.1, 0.15) is 24.4 Å². The predicted octanol–water partition coefficient (Wildman–Crippen LogP) is 2.37. The summed E-state index contributed by atoms with van der Waals surface area (Å²) >= 11 is 0. The van der Waals surface area contributed by atoms with E-state index in [1.165, 1.54) is 0 Å². The molecule has 0 aliphatic rings. The quantitative estimate of drug-likeness (QED) is 0.729. The van der Waals surface area contributed by atoms with Gasteiger partial charge in [0, 0.05) is 6.04 Å². The first kappa shape index (κ1) is 11.6. The molecule has 1 aromatic rings. The molecule has 1 aromatic carbocycles. The molecule has 0 aromatic heterocycles. The second-order valence-electron chi connectivity index (χ2n) is 3.37.